The molecule has 0 bridgehead atoms. The quantitative estimate of drug-likeness (QED) is 0.747. The Labute approximate surface area is 116 Å². The molecule has 3 heteroatoms. The highest BCUT2D eigenvalue weighted by Crippen LogP contribution is 2.33. The van der Waals surface area contributed by atoms with Gasteiger partial charge in [0.15, 0.2) is 0 Å². The second-order valence-corrected chi connectivity index (χ2v) is 4.90. The molecule has 1 heterocycles. The van der Waals surface area contributed by atoms with Crippen LogP contribution in [0.2, 0.25) is 0 Å². The lowest BCUT2D eigenvalue weighted by Gasteiger charge is -2.01. The Balaban J connectivity index is 2.29. The van der Waals surface area contributed by atoms with Gasteiger partial charge in [-0.1, -0.05) is 30.3 Å². The van der Waals surface area contributed by atoms with Gasteiger partial charge in [0.25, 0.3) is 0 Å². The zero-order chi connectivity index (χ0) is 14.3. The predicted octanol–water partition coefficient (Wildman–Crippen LogP) is 4.41. The Bertz CT molecular complexity index is 773. The molecule has 20 heavy (non-hydrogen) atoms. The largest absolute Gasteiger partial charge is 0.478 e. The average Bonchev–Trinajstić information content (AvgIpc) is 2.89. The predicted molar refractivity (Wildman–Crippen MR) is 78.1 cm³/mol. The SMILES string of the molecule is Cc1ccc(C)c2oc(-c3ccccc3C(=O)O)cc12. The van der Waals surface area contributed by atoms with Gasteiger partial charge in [0.05, 0.1) is 5.56 Å². The van der Waals surface area contributed by atoms with Crippen molar-refractivity contribution in [3.8, 4) is 11.3 Å². The molecule has 0 spiro atoms. The summed E-state index contributed by atoms with van der Waals surface area (Å²) in [5.74, 6) is -0.357. The summed E-state index contributed by atoms with van der Waals surface area (Å²) in [6.45, 7) is 4.00. The zero-order valence-corrected chi connectivity index (χ0v) is 11.3. The maximum absolute atomic E-state index is 11.3. The van der Waals surface area contributed by atoms with E-state index in [1.165, 1.54) is 0 Å². The second kappa shape index (κ2) is 4.53. The summed E-state index contributed by atoms with van der Waals surface area (Å²) < 4.78 is 5.89. The fourth-order valence-electron chi connectivity index (χ4n) is 2.41. The van der Waals surface area contributed by atoms with Crippen LogP contribution < -0.4 is 0 Å². The highest BCUT2D eigenvalue weighted by molar-refractivity contribution is 5.97. The molecule has 0 aliphatic carbocycles. The Morgan fingerprint density at radius 3 is 2.45 bits per heavy atom. The van der Waals surface area contributed by atoms with E-state index >= 15 is 0 Å². The van der Waals surface area contributed by atoms with Gasteiger partial charge in [0.1, 0.15) is 11.3 Å². The van der Waals surface area contributed by atoms with Crippen LogP contribution in [0.4, 0.5) is 0 Å². The number of carboxylic acids is 1. The van der Waals surface area contributed by atoms with Crippen LogP contribution in [-0.4, -0.2) is 11.1 Å². The molecule has 3 aromatic rings. The smallest absolute Gasteiger partial charge is 0.336 e. The highest BCUT2D eigenvalue weighted by Gasteiger charge is 2.16. The van der Waals surface area contributed by atoms with E-state index in [2.05, 4.69) is 0 Å². The zero-order valence-electron chi connectivity index (χ0n) is 11.3. The Morgan fingerprint density at radius 1 is 1.05 bits per heavy atom. The molecule has 0 atom stereocenters. The molecule has 0 saturated carbocycles. The third kappa shape index (κ3) is 1.88. The van der Waals surface area contributed by atoms with Gasteiger partial charge in [-0.15, -0.1) is 0 Å². The van der Waals surface area contributed by atoms with Crippen molar-refractivity contribution in [2.24, 2.45) is 0 Å². The lowest BCUT2D eigenvalue weighted by molar-refractivity contribution is 0.0697. The molecule has 100 valence electrons. The fourth-order valence-corrected chi connectivity index (χ4v) is 2.41. The number of rotatable bonds is 2. The van der Waals surface area contributed by atoms with Crippen LogP contribution in [0.3, 0.4) is 0 Å². The number of aromatic carboxylic acids is 1. The van der Waals surface area contributed by atoms with Crippen LogP contribution in [0.25, 0.3) is 22.3 Å². The molecule has 0 radical (unpaired) electrons. The number of fused-ring (bicyclic) bond motifs is 1. The van der Waals surface area contributed by atoms with E-state index in [1.807, 2.05) is 38.1 Å². The van der Waals surface area contributed by atoms with Gasteiger partial charge in [-0.3, -0.25) is 0 Å². The molecule has 0 amide bonds. The van der Waals surface area contributed by atoms with Crippen molar-refractivity contribution in [3.63, 3.8) is 0 Å². The third-order valence-electron chi connectivity index (χ3n) is 3.52. The van der Waals surface area contributed by atoms with E-state index in [4.69, 9.17) is 4.42 Å². The van der Waals surface area contributed by atoms with Gasteiger partial charge in [-0.2, -0.15) is 0 Å². The van der Waals surface area contributed by atoms with E-state index < -0.39 is 5.97 Å². The average molecular weight is 266 g/mol. The minimum atomic E-state index is -0.950. The maximum atomic E-state index is 11.3. The summed E-state index contributed by atoms with van der Waals surface area (Å²) in [5, 5.41) is 10.3. The lowest BCUT2D eigenvalue weighted by atomic mass is 10.0. The third-order valence-corrected chi connectivity index (χ3v) is 3.52. The van der Waals surface area contributed by atoms with Crippen LogP contribution in [0.5, 0.6) is 0 Å². The van der Waals surface area contributed by atoms with E-state index in [1.54, 1.807) is 18.2 Å². The van der Waals surface area contributed by atoms with E-state index in [-0.39, 0.29) is 5.56 Å². The first kappa shape index (κ1) is 12.5. The van der Waals surface area contributed by atoms with Crippen molar-refractivity contribution in [2.45, 2.75) is 13.8 Å². The van der Waals surface area contributed by atoms with Crippen LogP contribution in [0.15, 0.2) is 46.9 Å². The Hall–Kier alpha value is -2.55. The summed E-state index contributed by atoms with van der Waals surface area (Å²) in [5.41, 5.74) is 3.84. The van der Waals surface area contributed by atoms with Gasteiger partial charge in [0.2, 0.25) is 0 Å². The molecule has 3 rings (SSSR count). The molecule has 0 fully saturated rings. The molecule has 0 unspecified atom stereocenters. The highest BCUT2D eigenvalue weighted by atomic mass is 16.4. The van der Waals surface area contributed by atoms with Gasteiger partial charge in [-0.25, -0.2) is 4.79 Å². The molecule has 1 N–H and O–H groups in total. The number of carboxylic acid groups (broad SMARTS) is 1. The van der Waals surface area contributed by atoms with Crippen LogP contribution in [0, 0.1) is 13.8 Å². The fraction of sp³-hybridized carbons (Fsp3) is 0.118. The summed E-state index contributed by atoms with van der Waals surface area (Å²) in [6, 6.07) is 12.9. The summed E-state index contributed by atoms with van der Waals surface area (Å²) in [4.78, 5) is 11.3. The first-order chi connectivity index (χ1) is 9.58. The van der Waals surface area contributed by atoms with Crippen molar-refractivity contribution < 1.29 is 14.3 Å². The van der Waals surface area contributed by atoms with Gasteiger partial charge in [-0.05, 0) is 37.1 Å². The van der Waals surface area contributed by atoms with E-state index in [9.17, 15) is 9.90 Å². The van der Waals surface area contributed by atoms with Crippen LogP contribution in [0.1, 0.15) is 21.5 Å². The lowest BCUT2D eigenvalue weighted by Crippen LogP contribution is -1.98. The molecule has 1 aromatic heterocycles. The first-order valence-corrected chi connectivity index (χ1v) is 6.40. The van der Waals surface area contributed by atoms with Gasteiger partial charge < -0.3 is 9.52 Å². The molecule has 0 aliphatic heterocycles. The monoisotopic (exact) mass is 266 g/mol. The standard InChI is InChI=1S/C17H14O3/c1-10-7-8-11(2)16-14(10)9-15(20-16)12-5-3-4-6-13(12)17(18)19/h3-9H,1-2H3,(H,18,19). The summed E-state index contributed by atoms with van der Waals surface area (Å²) >= 11 is 0. The Kier molecular flexibility index (Phi) is 2.83. The van der Waals surface area contributed by atoms with Crippen molar-refractivity contribution in [2.75, 3.05) is 0 Å². The Morgan fingerprint density at radius 2 is 1.75 bits per heavy atom. The molecular formula is C17H14O3. The van der Waals surface area contributed by atoms with Crippen molar-refractivity contribution >= 4 is 16.9 Å². The normalized spacial score (nSPS) is 10.9. The first-order valence-electron chi connectivity index (χ1n) is 6.40. The van der Waals surface area contributed by atoms with E-state index in [0.717, 1.165) is 22.1 Å². The minimum Gasteiger partial charge on any atom is -0.478 e. The number of carbonyl (C=O) groups is 1. The van der Waals surface area contributed by atoms with Crippen LogP contribution >= 0.6 is 0 Å². The molecule has 3 nitrogen and oxygen atoms in total. The number of furan rings is 1. The van der Waals surface area contributed by atoms with Crippen molar-refractivity contribution in [3.05, 3.63) is 59.2 Å². The second-order valence-electron chi connectivity index (χ2n) is 4.90. The van der Waals surface area contributed by atoms with Gasteiger partial charge >= 0.3 is 5.97 Å². The van der Waals surface area contributed by atoms with Crippen LogP contribution in [-0.2, 0) is 0 Å². The number of hydrogen-bond acceptors (Lipinski definition) is 2. The maximum Gasteiger partial charge on any atom is 0.336 e. The van der Waals surface area contributed by atoms with E-state index in [0.29, 0.717) is 11.3 Å². The number of aryl methyl sites for hydroxylation is 2. The van der Waals surface area contributed by atoms with Crippen molar-refractivity contribution in [1.29, 1.82) is 0 Å². The topological polar surface area (TPSA) is 50.4 Å². The summed E-state index contributed by atoms with van der Waals surface area (Å²) in [6.07, 6.45) is 0. The molecule has 0 saturated heterocycles. The molecule has 2 aromatic carbocycles. The minimum absolute atomic E-state index is 0.252. The summed E-state index contributed by atoms with van der Waals surface area (Å²) in [7, 11) is 0. The molecular weight excluding hydrogens is 252 g/mol. The van der Waals surface area contributed by atoms with Crippen molar-refractivity contribution in [1.82, 2.24) is 0 Å². The molecule has 0 aliphatic rings. The number of benzene rings is 2. The van der Waals surface area contributed by atoms with Gasteiger partial charge in [0, 0.05) is 10.9 Å². The number of hydrogen-bond donors (Lipinski definition) is 1.